The van der Waals surface area contributed by atoms with Crippen LogP contribution < -0.4 is 5.73 Å². The van der Waals surface area contributed by atoms with Crippen molar-refractivity contribution < 1.29 is 9.15 Å². The molecule has 13 heavy (non-hydrogen) atoms. The minimum absolute atomic E-state index is 0.0500. The van der Waals surface area contributed by atoms with E-state index < -0.39 is 0 Å². The van der Waals surface area contributed by atoms with E-state index in [0.29, 0.717) is 12.4 Å². The van der Waals surface area contributed by atoms with Crippen LogP contribution in [-0.4, -0.2) is 11.6 Å². The molecule has 4 nitrogen and oxygen atoms in total. The molecule has 1 unspecified atom stereocenters. The van der Waals surface area contributed by atoms with Gasteiger partial charge >= 0.3 is 0 Å². The molecule has 2 heterocycles. The zero-order chi connectivity index (χ0) is 9.10. The van der Waals surface area contributed by atoms with E-state index in [1.165, 1.54) is 6.42 Å². The van der Waals surface area contributed by atoms with Crippen LogP contribution in [0.4, 0.5) is 0 Å². The Hall–Kier alpha value is -0.870. The van der Waals surface area contributed by atoms with Crippen LogP contribution in [0.25, 0.3) is 0 Å². The molecule has 1 aromatic heterocycles. The first kappa shape index (κ1) is 8.72. The highest BCUT2D eigenvalue weighted by atomic mass is 16.5. The monoisotopic (exact) mass is 182 g/mol. The zero-order valence-corrected chi connectivity index (χ0v) is 7.53. The van der Waals surface area contributed by atoms with Gasteiger partial charge in [-0.15, -0.1) is 0 Å². The highest BCUT2D eigenvalue weighted by Gasteiger charge is 2.20. The molecular weight excluding hydrogens is 168 g/mol. The van der Waals surface area contributed by atoms with Crippen molar-refractivity contribution in [2.75, 3.05) is 6.61 Å². The molecule has 0 bridgehead atoms. The maximum Gasteiger partial charge on any atom is 0.223 e. The average Bonchev–Trinajstić information content (AvgIpc) is 2.67. The first-order valence-electron chi connectivity index (χ1n) is 4.66. The molecule has 0 saturated carbocycles. The van der Waals surface area contributed by atoms with Crippen molar-refractivity contribution >= 4 is 0 Å². The molecule has 1 atom stereocenters. The molecule has 1 aliphatic rings. The quantitative estimate of drug-likeness (QED) is 0.750. The van der Waals surface area contributed by atoms with Crippen molar-refractivity contribution in [1.29, 1.82) is 0 Å². The van der Waals surface area contributed by atoms with Crippen LogP contribution >= 0.6 is 0 Å². The fourth-order valence-electron chi connectivity index (χ4n) is 1.50. The number of hydrogen-bond donors (Lipinski definition) is 1. The van der Waals surface area contributed by atoms with E-state index in [1.54, 1.807) is 6.26 Å². The summed E-state index contributed by atoms with van der Waals surface area (Å²) in [6, 6.07) is 0. The molecule has 1 aromatic rings. The molecule has 4 heteroatoms. The van der Waals surface area contributed by atoms with E-state index in [2.05, 4.69) is 4.98 Å². The number of oxazole rings is 1. The highest BCUT2D eigenvalue weighted by molar-refractivity contribution is 4.98. The third-order valence-electron chi connectivity index (χ3n) is 2.23. The lowest BCUT2D eigenvalue weighted by Gasteiger charge is -2.19. The smallest absolute Gasteiger partial charge is 0.223 e. The Morgan fingerprint density at radius 2 is 2.46 bits per heavy atom. The van der Waals surface area contributed by atoms with Crippen molar-refractivity contribution in [3.05, 3.63) is 17.8 Å². The Morgan fingerprint density at radius 1 is 1.54 bits per heavy atom. The van der Waals surface area contributed by atoms with Crippen LogP contribution in [0.1, 0.15) is 37.0 Å². The van der Waals surface area contributed by atoms with Gasteiger partial charge in [-0.3, -0.25) is 0 Å². The molecule has 2 rings (SSSR count). The Balaban J connectivity index is 2.05. The van der Waals surface area contributed by atoms with Gasteiger partial charge in [-0.25, -0.2) is 4.98 Å². The van der Waals surface area contributed by atoms with Crippen molar-refractivity contribution in [2.45, 2.75) is 31.9 Å². The van der Waals surface area contributed by atoms with E-state index in [4.69, 9.17) is 14.9 Å². The lowest BCUT2D eigenvalue weighted by Crippen LogP contribution is -2.12. The predicted molar refractivity (Wildman–Crippen MR) is 46.9 cm³/mol. The molecule has 2 N–H and O–H groups in total. The summed E-state index contributed by atoms with van der Waals surface area (Å²) in [5, 5.41) is 0. The van der Waals surface area contributed by atoms with Gasteiger partial charge in [-0.05, 0) is 19.3 Å². The van der Waals surface area contributed by atoms with Crippen LogP contribution in [0.5, 0.6) is 0 Å². The zero-order valence-electron chi connectivity index (χ0n) is 7.53. The van der Waals surface area contributed by atoms with Crippen LogP contribution in [0.3, 0.4) is 0 Å². The van der Waals surface area contributed by atoms with Crippen LogP contribution in [0.2, 0.25) is 0 Å². The van der Waals surface area contributed by atoms with Crippen LogP contribution in [-0.2, 0) is 11.3 Å². The number of nitrogens with zero attached hydrogens (tertiary/aromatic N) is 1. The van der Waals surface area contributed by atoms with E-state index in [9.17, 15) is 0 Å². The second kappa shape index (κ2) is 3.89. The van der Waals surface area contributed by atoms with Crippen LogP contribution in [0, 0.1) is 0 Å². The summed E-state index contributed by atoms with van der Waals surface area (Å²) >= 11 is 0. The standard InChI is InChI=1S/C9H14N2O2/c10-5-7-6-13-9(11-7)8-3-1-2-4-12-8/h6,8H,1-5,10H2. The van der Waals surface area contributed by atoms with Gasteiger partial charge in [0.1, 0.15) is 12.4 Å². The summed E-state index contributed by atoms with van der Waals surface area (Å²) in [4.78, 5) is 4.24. The molecule has 0 aliphatic carbocycles. The molecule has 0 amide bonds. The summed E-state index contributed by atoms with van der Waals surface area (Å²) in [7, 11) is 0. The molecule has 1 aliphatic heterocycles. The molecule has 0 aromatic carbocycles. The third-order valence-corrected chi connectivity index (χ3v) is 2.23. The minimum Gasteiger partial charge on any atom is -0.446 e. The van der Waals surface area contributed by atoms with Crippen molar-refractivity contribution in [1.82, 2.24) is 4.98 Å². The SMILES string of the molecule is NCc1coc(C2CCCCO2)n1. The summed E-state index contributed by atoms with van der Waals surface area (Å²) in [6.07, 6.45) is 4.98. The first-order valence-corrected chi connectivity index (χ1v) is 4.66. The average molecular weight is 182 g/mol. The number of hydrogen-bond acceptors (Lipinski definition) is 4. The highest BCUT2D eigenvalue weighted by Crippen LogP contribution is 2.26. The molecule has 0 radical (unpaired) electrons. The van der Waals surface area contributed by atoms with Gasteiger partial charge in [0.25, 0.3) is 0 Å². The Kier molecular flexibility index (Phi) is 2.61. The lowest BCUT2D eigenvalue weighted by atomic mass is 10.1. The fraction of sp³-hybridized carbons (Fsp3) is 0.667. The summed E-state index contributed by atoms with van der Waals surface area (Å²) < 4.78 is 10.8. The number of ether oxygens (including phenoxy) is 1. The van der Waals surface area contributed by atoms with Gasteiger partial charge in [0.15, 0.2) is 0 Å². The van der Waals surface area contributed by atoms with Crippen LogP contribution in [0.15, 0.2) is 10.7 Å². The van der Waals surface area contributed by atoms with Gasteiger partial charge in [-0.2, -0.15) is 0 Å². The van der Waals surface area contributed by atoms with Crippen molar-refractivity contribution in [3.63, 3.8) is 0 Å². The number of nitrogens with two attached hydrogens (primary N) is 1. The largest absolute Gasteiger partial charge is 0.446 e. The minimum atomic E-state index is 0.0500. The van der Waals surface area contributed by atoms with Gasteiger partial charge < -0.3 is 14.9 Å². The van der Waals surface area contributed by atoms with E-state index in [-0.39, 0.29) is 6.10 Å². The molecular formula is C9H14N2O2. The predicted octanol–water partition coefficient (Wildman–Crippen LogP) is 1.37. The molecule has 72 valence electrons. The Morgan fingerprint density at radius 3 is 3.08 bits per heavy atom. The number of rotatable bonds is 2. The Bertz CT molecular complexity index is 266. The number of aromatic nitrogens is 1. The van der Waals surface area contributed by atoms with Gasteiger partial charge in [0, 0.05) is 13.2 Å². The second-order valence-electron chi connectivity index (χ2n) is 3.24. The first-order chi connectivity index (χ1) is 6.40. The maximum absolute atomic E-state index is 5.52. The van der Waals surface area contributed by atoms with E-state index in [1.807, 2.05) is 0 Å². The second-order valence-corrected chi connectivity index (χ2v) is 3.24. The summed E-state index contributed by atoms with van der Waals surface area (Å²) in [6.45, 7) is 1.24. The molecule has 0 spiro atoms. The summed E-state index contributed by atoms with van der Waals surface area (Å²) in [5.41, 5.74) is 6.22. The fourth-order valence-corrected chi connectivity index (χ4v) is 1.50. The van der Waals surface area contributed by atoms with Crippen molar-refractivity contribution in [2.24, 2.45) is 5.73 Å². The Labute approximate surface area is 77.1 Å². The molecule has 1 saturated heterocycles. The van der Waals surface area contributed by atoms with Crippen molar-refractivity contribution in [3.8, 4) is 0 Å². The normalized spacial score (nSPS) is 23.3. The topological polar surface area (TPSA) is 61.3 Å². The van der Waals surface area contributed by atoms with E-state index >= 15 is 0 Å². The molecule has 1 fully saturated rings. The van der Waals surface area contributed by atoms with Gasteiger partial charge in [0.05, 0.1) is 5.69 Å². The third kappa shape index (κ3) is 1.89. The summed E-state index contributed by atoms with van der Waals surface area (Å²) in [5.74, 6) is 0.681. The lowest BCUT2D eigenvalue weighted by molar-refractivity contribution is -0.00149. The maximum atomic E-state index is 5.52. The van der Waals surface area contributed by atoms with Gasteiger partial charge in [-0.1, -0.05) is 0 Å². The van der Waals surface area contributed by atoms with E-state index in [0.717, 1.165) is 25.1 Å². The van der Waals surface area contributed by atoms with Gasteiger partial charge in [0.2, 0.25) is 5.89 Å².